The quantitative estimate of drug-likeness (QED) is 0.364. The first-order chi connectivity index (χ1) is 14.6. The van der Waals surface area contributed by atoms with Gasteiger partial charge in [0.15, 0.2) is 0 Å². The minimum atomic E-state index is -0.533. The molecule has 5 nitrogen and oxygen atoms in total. The normalized spacial score (nSPS) is 13.4. The smallest absolute Gasteiger partial charge is 0.341 e. The number of rotatable bonds is 4. The van der Waals surface area contributed by atoms with Gasteiger partial charge in [0.25, 0.3) is 5.91 Å². The number of hydrogen-bond donors (Lipinski definition) is 1. The molecule has 1 heterocycles. The number of benzene rings is 2. The van der Waals surface area contributed by atoms with Crippen LogP contribution >= 0.6 is 11.3 Å². The van der Waals surface area contributed by atoms with E-state index in [2.05, 4.69) is 5.32 Å². The minimum absolute atomic E-state index is 0.0199. The molecule has 0 unspecified atom stereocenters. The van der Waals surface area contributed by atoms with Gasteiger partial charge in [-0.05, 0) is 53.7 Å². The third-order valence-electron chi connectivity index (χ3n) is 5.28. The number of esters is 1. The number of nitrogens with zero attached hydrogens (tertiary/aromatic N) is 1. The standard InChI is InChI=1S/C24H20N2O3S/c1-29-24(28)21-19-11-4-5-12-20(19)30-23(21)26-22(27)17(14-25)13-16-9-6-8-15-7-2-3-10-18(15)16/h2-3,6-10,13H,4-5,11-12H2,1H3,(H,26,27)/b17-13+. The van der Waals surface area contributed by atoms with Crippen LogP contribution in [0.15, 0.2) is 48.0 Å². The van der Waals surface area contributed by atoms with Crippen LogP contribution in [0.25, 0.3) is 16.8 Å². The van der Waals surface area contributed by atoms with Crippen molar-refractivity contribution in [3.8, 4) is 6.07 Å². The minimum Gasteiger partial charge on any atom is -0.465 e. The van der Waals surface area contributed by atoms with Crippen LogP contribution in [-0.2, 0) is 22.4 Å². The summed E-state index contributed by atoms with van der Waals surface area (Å²) in [6.07, 6.45) is 5.33. The first-order valence-corrected chi connectivity index (χ1v) is 10.6. The van der Waals surface area contributed by atoms with E-state index < -0.39 is 11.9 Å². The van der Waals surface area contributed by atoms with Crippen LogP contribution in [-0.4, -0.2) is 19.0 Å². The maximum atomic E-state index is 12.9. The molecule has 3 aromatic rings. The van der Waals surface area contributed by atoms with Crippen LogP contribution < -0.4 is 5.32 Å². The van der Waals surface area contributed by atoms with E-state index in [0.717, 1.165) is 52.5 Å². The number of aryl methyl sites for hydroxylation is 1. The average molecular weight is 417 g/mol. The summed E-state index contributed by atoms with van der Waals surface area (Å²) < 4.78 is 4.95. The van der Waals surface area contributed by atoms with Gasteiger partial charge in [-0.1, -0.05) is 42.5 Å². The lowest BCUT2D eigenvalue weighted by Crippen LogP contribution is -2.16. The summed E-state index contributed by atoms with van der Waals surface area (Å²) >= 11 is 1.40. The second-order valence-electron chi connectivity index (χ2n) is 7.10. The Morgan fingerprint density at radius 2 is 1.90 bits per heavy atom. The summed E-state index contributed by atoms with van der Waals surface area (Å²) in [6.45, 7) is 0. The number of anilines is 1. The summed E-state index contributed by atoms with van der Waals surface area (Å²) in [5.41, 5.74) is 2.16. The van der Waals surface area contributed by atoms with E-state index in [9.17, 15) is 14.9 Å². The van der Waals surface area contributed by atoms with Crippen LogP contribution in [0.4, 0.5) is 5.00 Å². The zero-order chi connectivity index (χ0) is 21.1. The molecule has 0 fully saturated rings. The zero-order valence-corrected chi connectivity index (χ0v) is 17.3. The zero-order valence-electron chi connectivity index (χ0n) is 16.5. The Morgan fingerprint density at radius 1 is 1.13 bits per heavy atom. The van der Waals surface area contributed by atoms with Crippen molar-refractivity contribution in [2.75, 3.05) is 12.4 Å². The molecule has 1 amide bonds. The first-order valence-electron chi connectivity index (χ1n) is 9.76. The fraction of sp³-hybridized carbons (Fsp3) is 0.208. The highest BCUT2D eigenvalue weighted by atomic mass is 32.1. The molecule has 0 spiro atoms. The molecule has 1 aromatic heterocycles. The van der Waals surface area contributed by atoms with Gasteiger partial charge in [0.05, 0.1) is 12.7 Å². The second kappa shape index (κ2) is 8.52. The van der Waals surface area contributed by atoms with Crippen molar-refractivity contribution in [1.82, 2.24) is 0 Å². The van der Waals surface area contributed by atoms with Gasteiger partial charge in [0, 0.05) is 4.88 Å². The average Bonchev–Trinajstić information content (AvgIpc) is 3.14. The maximum Gasteiger partial charge on any atom is 0.341 e. The number of ether oxygens (including phenoxy) is 1. The highest BCUT2D eigenvalue weighted by Crippen LogP contribution is 2.38. The number of thiophene rings is 1. The lowest BCUT2D eigenvalue weighted by atomic mass is 9.95. The van der Waals surface area contributed by atoms with Gasteiger partial charge in [-0.2, -0.15) is 5.26 Å². The number of carbonyl (C=O) groups excluding carboxylic acids is 2. The van der Waals surface area contributed by atoms with E-state index in [0.29, 0.717) is 10.6 Å². The van der Waals surface area contributed by atoms with Gasteiger partial charge >= 0.3 is 5.97 Å². The van der Waals surface area contributed by atoms with Crippen molar-refractivity contribution in [3.05, 3.63) is 69.6 Å². The topological polar surface area (TPSA) is 79.2 Å². The maximum absolute atomic E-state index is 12.9. The van der Waals surface area contributed by atoms with E-state index in [4.69, 9.17) is 4.74 Å². The number of nitrogens with one attached hydrogen (secondary N) is 1. The van der Waals surface area contributed by atoms with Crippen LogP contribution in [0, 0.1) is 11.3 Å². The van der Waals surface area contributed by atoms with Gasteiger partial charge in [0.1, 0.15) is 16.6 Å². The summed E-state index contributed by atoms with van der Waals surface area (Å²) in [5, 5.41) is 14.9. The highest BCUT2D eigenvalue weighted by Gasteiger charge is 2.27. The van der Waals surface area contributed by atoms with Gasteiger partial charge in [0.2, 0.25) is 0 Å². The monoisotopic (exact) mass is 416 g/mol. The van der Waals surface area contributed by atoms with Gasteiger partial charge in [-0.15, -0.1) is 11.3 Å². The van der Waals surface area contributed by atoms with E-state index in [1.165, 1.54) is 18.4 Å². The largest absolute Gasteiger partial charge is 0.465 e. The van der Waals surface area contributed by atoms with Crippen molar-refractivity contribution in [2.45, 2.75) is 25.7 Å². The molecule has 0 saturated heterocycles. The third kappa shape index (κ3) is 3.72. The molecule has 6 heteroatoms. The molecule has 4 rings (SSSR count). The predicted molar refractivity (Wildman–Crippen MR) is 118 cm³/mol. The number of nitriles is 1. The Bertz CT molecular complexity index is 1210. The molecule has 150 valence electrons. The van der Waals surface area contributed by atoms with Crippen molar-refractivity contribution in [1.29, 1.82) is 5.26 Å². The Labute approximate surface area is 178 Å². The molecule has 0 bridgehead atoms. The summed E-state index contributed by atoms with van der Waals surface area (Å²) in [5.74, 6) is -0.990. The molecule has 1 aliphatic rings. The molecule has 1 N–H and O–H groups in total. The van der Waals surface area contributed by atoms with Gasteiger partial charge in [-0.3, -0.25) is 4.79 Å². The number of methoxy groups -OCH3 is 1. The molecule has 0 radical (unpaired) electrons. The summed E-state index contributed by atoms with van der Waals surface area (Å²) in [7, 11) is 1.34. The van der Waals surface area contributed by atoms with Gasteiger partial charge < -0.3 is 10.1 Å². The number of fused-ring (bicyclic) bond motifs is 2. The van der Waals surface area contributed by atoms with E-state index in [-0.39, 0.29) is 5.57 Å². The Balaban J connectivity index is 1.69. The van der Waals surface area contributed by atoms with Crippen molar-refractivity contribution in [2.24, 2.45) is 0 Å². The molecule has 2 aromatic carbocycles. The molecule has 0 aliphatic heterocycles. The van der Waals surface area contributed by atoms with Crippen molar-refractivity contribution in [3.63, 3.8) is 0 Å². The molecule has 30 heavy (non-hydrogen) atoms. The van der Waals surface area contributed by atoms with Crippen molar-refractivity contribution >= 4 is 45.1 Å². The highest BCUT2D eigenvalue weighted by molar-refractivity contribution is 7.17. The van der Waals surface area contributed by atoms with Gasteiger partial charge in [-0.25, -0.2) is 4.79 Å². The van der Waals surface area contributed by atoms with Crippen LogP contribution in [0.1, 0.15) is 39.2 Å². The second-order valence-corrected chi connectivity index (χ2v) is 8.20. The molecule has 0 saturated carbocycles. The molecule has 1 aliphatic carbocycles. The SMILES string of the molecule is COC(=O)c1c(NC(=O)/C(C#N)=C/c2cccc3ccccc23)sc2c1CCCC2. The number of hydrogen-bond acceptors (Lipinski definition) is 5. The Kier molecular flexibility index (Phi) is 5.64. The Hall–Kier alpha value is -3.43. The van der Waals surface area contributed by atoms with E-state index >= 15 is 0 Å². The number of carbonyl (C=O) groups is 2. The first kappa shape index (κ1) is 19.9. The Morgan fingerprint density at radius 3 is 2.70 bits per heavy atom. The fourth-order valence-electron chi connectivity index (χ4n) is 3.82. The fourth-order valence-corrected chi connectivity index (χ4v) is 5.10. The molecular formula is C24H20N2O3S. The molecule has 0 atom stereocenters. The van der Waals surface area contributed by atoms with Crippen molar-refractivity contribution < 1.29 is 14.3 Å². The lowest BCUT2D eigenvalue weighted by molar-refractivity contribution is -0.112. The van der Waals surface area contributed by atoms with Crippen LogP contribution in [0.3, 0.4) is 0 Å². The number of amides is 1. The summed E-state index contributed by atoms with van der Waals surface area (Å²) in [4.78, 5) is 26.4. The lowest BCUT2D eigenvalue weighted by Gasteiger charge is -2.11. The van der Waals surface area contributed by atoms with Crippen LogP contribution in [0.2, 0.25) is 0 Å². The summed E-state index contributed by atoms with van der Waals surface area (Å²) in [6, 6.07) is 15.6. The molecular weight excluding hydrogens is 396 g/mol. The predicted octanol–water partition coefficient (Wildman–Crippen LogP) is 5.11. The van der Waals surface area contributed by atoms with E-state index in [1.807, 2.05) is 48.5 Å². The van der Waals surface area contributed by atoms with Crippen LogP contribution in [0.5, 0.6) is 0 Å². The van der Waals surface area contributed by atoms with E-state index in [1.54, 1.807) is 6.08 Å². The third-order valence-corrected chi connectivity index (χ3v) is 6.48.